The average Bonchev–Trinajstić information content (AvgIpc) is 3.48. The van der Waals surface area contributed by atoms with Gasteiger partial charge < -0.3 is 15.0 Å². The van der Waals surface area contributed by atoms with Crippen LogP contribution in [0.15, 0.2) is 36.4 Å². The largest absolute Gasteiger partial charge is 0.497 e. The quantitative estimate of drug-likeness (QED) is 0.750. The van der Waals surface area contributed by atoms with Gasteiger partial charge in [-0.3, -0.25) is 0 Å². The van der Waals surface area contributed by atoms with Gasteiger partial charge in [-0.2, -0.15) is 4.52 Å². The highest BCUT2D eigenvalue weighted by atomic mass is 16.5. The maximum Gasteiger partial charge on any atom is 0.178 e. The van der Waals surface area contributed by atoms with Crippen LogP contribution in [-0.2, 0) is 0 Å². The summed E-state index contributed by atoms with van der Waals surface area (Å²) in [5.41, 5.74) is 2.09. The summed E-state index contributed by atoms with van der Waals surface area (Å²) in [4.78, 5) is 2.43. The van der Waals surface area contributed by atoms with Crippen LogP contribution in [-0.4, -0.2) is 46.1 Å². The minimum absolute atomic E-state index is 0.435. The molecule has 1 aliphatic heterocycles. The van der Waals surface area contributed by atoms with E-state index in [1.807, 2.05) is 28.8 Å². The third-order valence-electron chi connectivity index (χ3n) is 5.51. The lowest BCUT2D eigenvalue weighted by Crippen LogP contribution is -2.39. The number of piperidine rings is 1. The summed E-state index contributed by atoms with van der Waals surface area (Å²) in [5.74, 6) is 3.35. The van der Waals surface area contributed by atoms with Gasteiger partial charge in [-0.1, -0.05) is 0 Å². The van der Waals surface area contributed by atoms with E-state index in [-0.39, 0.29) is 0 Å². The zero-order valence-corrected chi connectivity index (χ0v) is 15.5. The molecule has 140 valence electrons. The maximum absolute atomic E-state index is 5.25. The summed E-state index contributed by atoms with van der Waals surface area (Å²) in [6.45, 7) is 2.07. The molecule has 5 rings (SSSR count). The van der Waals surface area contributed by atoms with Crippen LogP contribution in [0.1, 0.15) is 37.4 Å². The molecule has 2 fully saturated rings. The summed E-state index contributed by atoms with van der Waals surface area (Å²) < 4.78 is 7.15. The second-order valence-corrected chi connectivity index (χ2v) is 7.42. The monoisotopic (exact) mass is 364 g/mol. The molecule has 0 atom stereocenters. The molecule has 0 bridgehead atoms. The minimum atomic E-state index is 0.435. The van der Waals surface area contributed by atoms with Gasteiger partial charge in [-0.25, -0.2) is 0 Å². The normalized spacial score (nSPS) is 18.0. The molecule has 7 heteroatoms. The van der Waals surface area contributed by atoms with Crippen molar-refractivity contribution in [3.63, 3.8) is 0 Å². The molecular weight excluding hydrogens is 340 g/mol. The minimum Gasteiger partial charge on any atom is -0.497 e. The molecule has 2 aromatic heterocycles. The Kier molecular flexibility index (Phi) is 4.07. The Morgan fingerprint density at radius 2 is 1.74 bits per heavy atom. The lowest BCUT2D eigenvalue weighted by atomic mass is 10.0. The Balaban J connectivity index is 1.23. The number of nitrogens with one attached hydrogen (secondary N) is 1. The van der Waals surface area contributed by atoms with E-state index in [0.717, 1.165) is 49.0 Å². The second-order valence-electron chi connectivity index (χ2n) is 7.42. The number of rotatable bonds is 5. The number of anilines is 2. The lowest BCUT2D eigenvalue weighted by molar-refractivity contribution is 0.414. The molecule has 0 unspecified atom stereocenters. The molecule has 0 amide bonds. The number of hydrogen-bond donors (Lipinski definition) is 1. The van der Waals surface area contributed by atoms with Crippen LogP contribution in [0.4, 0.5) is 11.5 Å². The summed E-state index contributed by atoms with van der Waals surface area (Å²) >= 11 is 0. The number of fused-ring (bicyclic) bond motifs is 1. The van der Waals surface area contributed by atoms with Crippen LogP contribution < -0.4 is 15.0 Å². The van der Waals surface area contributed by atoms with Crippen LogP contribution in [0.25, 0.3) is 5.65 Å². The number of hydrogen-bond acceptors (Lipinski definition) is 6. The second kappa shape index (κ2) is 6.72. The van der Waals surface area contributed by atoms with E-state index < -0.39 is 0 Å². The number of ether oxygens (including phenoxy) is 1. The highest BCUT2D eigenvalue weighted by molar-refractivity contribution is 5.50. The zero-order valence-electron chi connectivity index (χ0n) is 15.5. The van der Waals surface area contributed by atoms with Crippen molar-refractivity contribution in [1.82, 2.24) is 19.8 Å². The predicted octanol–water partition coefficient (Wildman–Crippen LogP) is 3.09. The van der Waals surface area contributed by atoms with Crippen molar-refractivity contribution >= 4 is 17.2 Å². The van der Waals surface area contributed by atoms with Crippen LogP contribution >= 0.6 is 0 Å². The standard InChI is InChI=1S/C20H24N6O/c1-27-17-6-4-16(5-7-17)25-12-10-15(11-13-25)21-18-8-9-19-22-23-20(14-2-3-14)26(19)24-18/h4-9,14-15H,2-3,10-13H2,1H3,(H,21,24). The first kappa shape index (κ1) is 16.4. The first-order valence-corrected chi connectivity index (χ1v) is 9.68. The number of benzene rings is 1. The Labute approximate surface area is 158 Å². The van der Waals surface area contributed by atoms with Gasteiger partial charge in [0.15, 0.2) is 11.5 Å². The van der Waals surface area contributed by atoms with Crippen LogP contribution in [0.5, 0.6) is 5.75 Å². The van der Waals surface area contributed by atoms with Gasteiger partial charge in [0.2, 0.25) is 0 Å². The molecule has 7 nitrogen and oxygen atoms in total. The fourth-order valence-electron chi connectivity index (χ4n) is 3.76. The fourth-order valence-corrected chi connectivity index (χ4v) is 3.76. The van der Waals surface area contributed by atoms with Gasteiger partial charge in [0.25, 0.3) is 0 Å². The van der Waals surface area contributed by atoms with E-state index in [0.29, 0.717) is 12.0 Å². The van der Waals surface area contributed by atoms with Crippen LogP contribution in [0.3, 0.4) is 0 Å². The summed E-state index contributed by atoms with van der Waals surface area (Å²) in [6.07, 6.45) is 4.57. The maximum atomic E-state index is 5.25. The molecule has 1 saturated carbocycles. The highest BCUT2D eigenvalue weighted by Gasteiger charge is 2.29. The lowest BCUT2D eigenvalue weighted by Gasteiger charge is -2.34. The fraction of sp³-hybridized carbons (Fsp3) is 0.450. The average molecular weight is 364 g/mol. The molecule has 0 spiro atoms. The van der Waals surface area contributed by atoms with E-state index in [2.05, 4.69) is 32.5 Å². The van der Waals surface area contributed by atoms with Crippen molar-refractivity contribution in [2.24, 2.45) is 0 Å². The third kappa shape index (κ3) is 3.29. The molecule has 1 aliphatic carbocycles. The summed E-state index contributed by atoms with van der Waals surface area (Å²) in [6, 6.07) is 12.8. The van der Waals surface area contributed by atoms with E-state index in [9.17, 15) is 0 Å². The smallest absolute Gasteiger partial charge is 0.178 e. The molecule has 1 N–H and O–H groups in total. The zero-order chi connectivity index (χ0) is 18.2. The molecule has 3 aromatic rings. The number of methoxy groups -OCH3 is 1. The van der Waals surface area contributed by atoms with Gasteiger partial charge in [-0.05, 0) is 62.1 Å². The number of aromatic nitrogens is 4. The van der Waals surface area contributed by atoms with Crippen molar-refractivity contribution in [2.75, 3.05) is 30.4 Å². The molecule has 3 heterocycles. The van der Waals surface area contributed by atoms with Crippen molar-refractivity contribution in [3.8, 4) is 5.75 Å². The topological polar surface area (TPSA) is 67.6 Å². The Morgan fingerprint density at radius 3 is 2.44 bits per heavy atom. The van der Waals surface area contributed by atoms with Gasteiger partial charge in [0.05, 0.1) is 7.11 Å². The highest BCUT2D eigenvalue weighted by Crippen LogP contribution is 2.38. The van der Waals surface area contributed by atoms with Crippen molar-refractivity contribution in [3.05, 3.63) is 42.2 Å². The summed E-state index contributed by atoms with van der Waals surface area (Å²) in [7, 11) is 1.70. The SMILES string of the molecule is COc1ccc(N2CCC(Nc3ccc4nnc(C5CC5)n4n3)CC2)cc1. The van der Waals surface area contributed by atoms with Crippen molar-refractivity contribution in [1.29, 1.82) is 0 Å². The molecular formula is C20H24N6O. The van der Waals surface area contributed by atoms with E-state index in [1.54, 1.807) is 7.11 Å². The van der Waals surface area contributed by atoms with Gasteiger partial charge in [0.1, 0.15) is 11.6 Å². The van der Waals surface area contributed by atoms with E-state index in [1.165, 1.54) is 18.5 Å². The third-order valence-corrected chi connectivity index (χ3v) is 5.51. The van der Waals surface area contributed by atoms with Crippen LogP contribution in [0, 0.1) is 0 Å². The molecule has 27 heavy (non-hydrogen) atoms. The molecule has 2 aliphatic rings. The van der Waals surface area contributed by atoms with Gasteiger partial charge in [0, 0.05) is 30.7 Å². The van der Waals surface area contributed by atoms with Crippen LogP contribution in [0.2, 0.25) is 0 Å². The van der Waals surface area contributed by atoms with Gasteiger partial charge >= 0.3 is 0 Å². The van der Waals surface area contributed by atoms with E-state index in [4.69, 9.17) is 9.84 Å². The summed E-state index contributed by atoms with van der Waals surface area (Å²) in [5, 5.41) is 16.9. The molecule has 0 radical (unpaired) electrons. The molecule has 1 aromatic carbocycles. The number of nitrogens with zero attached hydrogens (tertiary/aromatic N) is 5. The van der Waals surface area contributed by atoms with Gasteiger partial charge in [-0.15, -0.1) is 15.3 Å². The first-order chi connectivity index (χ1) is 13.3. The van der Waals surface area contributed by atoms with Crippen molar-refractivity contribution < 1.29 is 4.74 Å². The Bertz CT molecular complexity index is 925. The van der Waals surface area contributed by atoms with E-state index >= 15 is 0 Å². The first-order valence-electron chi connectivity index (χ1n) is 9.68. The Morgan fingerprint density at radius 1 is 0.963 bits per heavy atom. The van der Waals surface area contributed by atoms with Crippen molar-refractivity contribution in [2.45, 2.75) is 37.6 Å². The predicted molar refractivity (Wildman–Crippen MR) is 105 cm³/mol. The molecule has 1 saturated heterocycles. The Hall–Kier alpha value is -2.83.